The minimum atomic E-state index is -0.0925. The summed E-state index contributed by atoms with van der Waals surface area (Å²) in [6.45, 7) is 3.81. The first-order valence-corrected chi connectivity index (χ1v) is 7.30. The van der Waals surface area contributed by atoms with Crippen LogP contribution < -0.4 is 15.4 Å². The van der Waals surface area contributed by atoms with Gasteiger partial charge in [0.05, 0.1) is 12.8 Å². The van der Waals surface area contributed by atoms with Crippen molar-refractivity contribution in [2.24, 2.45) is 5.92 Å². The van der Waals surface area contributed by atoms with Crippen molar-refractivity contribution in [3.05, 3.63) is 18.2 Å². The largest absolute Gasteiger partial charge is 0.494 e. The lowest BCUT2D eigenvalue weighted by atomic mass is 9.87. The molecule has 2 atom stereocenters. The monoisotopic (exact) mass is 276 g/mol. The fraction of sp³-hybridized carbons (Fsp3) is 0.562. The van der Waals surface area contributed by atoms with Gasteiger partial charge in [-0.05, 0) is 30.9 Å². The molecule has 4 nitrogen and oxygen atoms in total. The molecule has 0 spiro atoms. The van der Waals surface area contributed by atoms with Gasteiger partial charge in [-0.15, -0.1) is 0 Å². The molecule has 2 N–H and O–H groups in total. The molecule has 2 rings (SSSR count). The lowest BCUT2D eigenvalue weighted by Gasteiger charge is -2.28. The van der Waals surface area contributed by atoms with Crippen LogP contribution >= 0.6 is 0 Å². The maximum Gasteiger partial charge on any atom is 0.221 e. The topological polar surface area (TPSA) is 50.4 Å². The molecule has 0 saturated heterocycles. The number of methoxy groups -OCH3 is 1. The van der Waals surface area contributed by atoms with Crippen molar-refractivity contribution >= 4 is 17.3 Å². The number of rotatable bonds is 4. The number of nitrogens with one attached hydrogen (secondary N) is 2. The molecule has 1 fully saturated rings. The van der Waals surface area contributed by atoms with Gasteiger partial charge in [-0.3, -0.25) is 4.79 Å². The lowest BCUT2D eigenvalue weighted by Crippen LogP contribution is -2.26. The number of carbonyl (C=O) groups is 1. The Hall–Kier alpha value is -1.71. The molecule has 20 heavy (non-hydrogen) atoms. The summed E-state index contributed by atoms with van der Waals surface area (Å²) < 4.78 is 5.34. The molecular formula is C16H24N2O2. The fourth-order valence-corrected chi connectivity index (χ4v) is 2.87. The molecule has 0 radical (unpaired) electrons. The first-order valence-electron chi connectivity index (χ1n) is 7.30. The van der Waals surface area contributed by atoms with E-state index in [1.807, 2.05) is 18.2 Å². The van der Waals surface area contributed by atoms with Crippen molar-refractivity contribution in [3.8, 4) is 5.75 Å². The van der Waals surface area contributed by atoms with Crippen LogP contribution in [0.1, 0.15) is 39.5 Å². The van der Waals surface area contributed by atoms with Crippen LogP contribution in [0.2, 0.25) is 0 Å². The maximum absolute atomic E-state index is 11.1. The van der Waals surface area contributed by atoms with Gasteiger partial charge in [-0.2, -0.15) is 0 Å². The van der Waals surface area contributed by atoms with Gasteiger partial charge in [-0.1, -0.05) is 19.8 Å². The van der Waals surface area contributed by atoms with Crippen LogP contribution in [0, 0.1) is 5.92 Å². The standard InChI is InChI=1S/C16H24N2O2/c1-11-5-4-6-13(9-11)18-14-7-8-15(17-12(2)19)16(10-14)20-3/h7-8,10-11,13,18H,4-6,9H2,1-3H3,(H,17,19). The summed E-state index contributed by atoms with van der Waals surface area (Å²) in [6.07, 6.45) is 5.07. The van der Waals surface area contributed by atoms with E-state index in [0.717, 1.165) is 11.6 Å². The molecule has 2 unspecified atom stereocenters. The van der Waals surface area contributed by atoms with E-state index in [0.29, 0.717) is 17.5 Å². The number of hydrogen-bond donors (Lipinski definition) is 2. The van der Waals surface area contributed by atoms with Crippen LogP contribution in [-0.2, 0) is 4.79 Å². The Morgan fingerprint density at radius 2 is 2.15 bits per heavy atom. The maximum atomic E-state index is 11.1. The van der Waals surface area contributed by atoms with E-state index in [1.54, 1.807) is 7.11 Å². The smallest absolute Gasteiger partial charge is 0.221 e. The highest BCUT2D eigenvalue weighted by Gasteiger charge is 2.18. The molecule has 0 aliphatic heterocycles. The van der Waals surface area contributed by atoms with E-state index in [2.05, 4.69) is 17.6 Å². The van der Waals surface area contributed by atoms with Crippen LogP contribution in [0.25, 0.3) is 0 Å². The second kappa shape index (κ2) is 6.64. The second-order valence-corrected chi connectivity index (χ2v) is 5.71. The number of ether oxygens (including phenoxy) is 1. The van der Waals surface area contributed by atoms with Crippen LogP contribution in [0.5, 0.6) is 5.75 Å². The molecule has 1 aromatic rings. The number of amides is 1. The highest BCUT2D eigenvalue weighted by Crippen LogP contribution is 2.31. The molecule has 0 aromatic heterocycles. The Kier molecular flexibility index (Phi) is 4.88. The average molecular weight is 276 g/mol. The third-order valence-electron chi connectivity index (χ3n) is 3.82. The van der Waals surface area contributed by atoms with Crippen LogP contribution in [0.3, 0.4) is 0 Å². The Labute approximate surface area is 120 Å². The van der Waals surface area contributed by atoms with Crippen molar-refractivity contribution in [3.63, 3.8) is 0 Å². The van der Waals surface area contributed by atoms with Gasteiger partial charge in [0.1, 0.15) is 5.75 Å². The van der Waals surface area contributed by atoms with E-state index in [4.69, 9.17) is 4.74 Å². The minimum absolute atomic E-state index is 0.0925. The third kappa shape index (κ3) is 3.89. The first-order chi connectivity index (χ1) is 9.58. The molecule has 1 aliphatic carbocycles. The minimum Gasteiger partial charge on any atom is -0.494 e. The molecule has 1 saturated carbocycles. The molecular weight excluding hydrogens is 252 g/mol. The van der Waals surface area contributed by atoms with Gasteiger partial charge in [0.15, 0.2) is 0 Å². The normalized spacial score (nSPS) is 22.1. The molecule has 0 bridgehead atoms. The number of hydrogen-bond acceptors (Lipinski definition) is 3. The molecule has 1 aromatic carbocycles. The predicted molar refractivity (Wildman–Crippen MR) is 82.3 cm³/mol. The average Bonchev–Trinajstić information content (AvgIpc) is 2.40. The summed E-state index contributed by atoms with van der Waals surface area (Å²) in [4.78, 5) is 11.1. The van der Waals surface area contributed by atoms with Gasteiger partial charge < -0.3 is 15.4 Å². The lowest BCUT2D eigenvalue weighted by molar-refractivity contribution is -0.114. The van der Waals surface area contributed by atoms with E-state index >= 15 is 0 Å². The highest BCUT2D eigenvalue weighted by atomic mass is 16.5. The molecule has 1 amide bonds. The summed E-state index contributed by atoms with van der Waals surface area (Å²) >= 11 is 0. The van der Waals surface area contributed by atoms with Crippen LogP contribution in [-0.4, -0.2) is 19.1 Å². The van der Waals surface area contributed by atoms with E-state index in [9.17, 15) is 4.79 Å². The summed E-state index contributed by atoms with van der Waals surface area (Å²) in [6, 6.07) is 6.36. The fourth-order valence-electron chi connectivity index (χ4n) is 2.87. The summed E-state index contributed by atoms with van der Waals surface area (Å²) in [5.41, 5.74) is 1.76. The zero-order valence-electron chi connectivity index (χ0n) is 12.5. The van der Waals surface area contributed by atoms with Crippen molar-refractivity contribution in [2.75, 3.05) is 17.7 Å². The van der Waals surface area contributed by atoms with Crippen molar-refractivity contribution < 1.29 is 9.53 Å². The third-order valence-corrected chi connectivity index (χ3v) is 3.82. The molecule has 4 heteroatoms. The Morgan fingerprint density at radius 3 is 2.80 bits per heavy atom. The van der Waals surface area contributed by atoms with Crippen molar-refractivity contribution in [1.29, 1.82) is 0 Å². The summed E-state index contributed by atoms with van der Waals surface area (Å²) in [7, 11) is 1.62. The van der Waals surface area contributed by atoms with E-state index in [1.165, 1.54) is 32.6 Å². The molecule has 0 heterocycles. The Bertz CT molecular complexity index is 474. The number of benzene rings is 1. The van der Waals surface area contributed by atoms with Gasteiger partial charge in [-0.25, -0.2) is 0 Å². The molecule has 1 aliphatic rings. The van der Waals surface area contributed by atoms with Crippen LogP contribution in [0.15, 0.2) is 18.2 Å². The Morgan fingerprint density at radius 1 is 1.35 bits per heavy atom. The Balaban J connectivity index is 2.07. The second-order valence-electron chi connectivity index (χ2n) is 5.71. The molecule has 110 valence electrons. The van der Waals surface area contributed by atoms with Gasteiger partial charge in [0.2, 0.25) is 5.91 Å². The SMILES string of the molecule is COc1cc(NC2CCCC(C)C2)ccc1NC(C)=O. The zero-order chi connectivity index (χ0) is 14.5. The first kappa shape index (κ1) is 14.7. The zero-order valence-corrected chi connectivity index (χ0v) is 12.5. The van der Waals surface area contributed by atoms with Crippen molar-refractivity contribution in [1.82, 2.24) is 0 Å². The van der Waals surface area contributed by atoms with Gasteiger partial charge >= 0.3 is 0 Å². The van der Waals surface area contributed by atoms with E-state index < -0.39 is 0 Å². The van der Waals surface area contributed by atoms with Crippen LogP contribution in [0.4, 0.5) is 11.4 Å². The quantitative estimate of drug-likeness (QED) is 0.882. The van der Waals surface area contributed by atoms with Gasteiger partial charge in [0.25, 0.3) is 0 Å². The summed E-state index contributed by atoms with van der Waals surface area (Å²) in [5.74, 6) is 1.39. The highest BCUT2D eigenvalue weighted by molar-refractivity contribution is 5.90. The predicted octanol–water partition coefficient (Wildman–Crippen LogP) is 3.64. The number of carbonyl (C=O) groups excluding carboxylic acids is 1. The van der Waals surface area contributed by atoms with Gasteiger partial charge in [0, 0.05) is 24.7 Å². The van der Waals surface area contributed by atoms with E-state index in [-0.39, 0.29) is 5.91 Å². The number of anilines is 2. The van der Waals surface area contributed by atoms with Crippen molar-refractivity contribution in [2.45, 2.75) is 45.6 Å². The summed E-state index contributed by atoms with van der Waals surface area (Å²) in [5, 5.41) is 6.34.